The summed E-state index contributed by atoms with van der Waals surface area (Å²) in [5.41, 5.74) is 10.6. The zero-order valence-corrected chi connectivity index (χ0v) is 7.65. The number of hydrogen-bond acceptors (Lipinski definition) is 3. The summed E-state index contributed by atoms with van der Waals surface area (Å²) in [6.07, 6.45) is 0. The quantitative estimate of drug-likeness (QED) is 0.644. The topological polar surface area (TPSA) is 36.1 Å². The maximum atomic E-state index is 3.80. The highest BCUT2D eigenvalue weighted by atomic mass is 15.4. The summed E-state index contributed by atoms with van der Waals surface area (Å²) in [5, 5.41) is 3.18. The van der Waals surface area contributed by atoms with Gasteiger partial charge in [-0.2, -0.15) is 0 Å². The first-order chi connectivity index (χ1) is 6.25. The van der Waals surface area contributed by atoms with Crippen molar-refractivity contribution < 1.29 is 0 Å². The molecule has 0 saturated heterocycles. The predicted octanol–water partition coefficient (Wildman–Crippen LogP) is 2.06. The lowest BCUT2D eigenvalue weighted by Crippen LogP contribution is -2.10. The van der Waals surface area contributed by atoms with Crippen molar-refractivity contribution in [1.29, 1.82) is 0 Å². The molecule has 0 saturated carbocycles. The number of allylic oxidation sites excluding steroid dienone is 1. The Hall–Kier alpha value is -1.48. The molecular formula is C10H13N3. The van der Waals surface area contributed by atoms with E-state index in [1.54, 1.807) is 0 Å². The van der Waals surface area contributed by atoms with Gasteiger partial charge in [0.25, 0.3) is 0 Å². The molecule has 1 heterocycles. The lowest BCUT2D eigenvalue weighted by atomic mass is 10.2. The molecule has 1 aliphatic heterocycles. The van der Waals surface area contributed by atoms with Crippen LogP contribution in [0.25, 0.3) is 0 Å². The van der Waals surface area contributed by atoms with Crippen LogP contribution in [0.3, 0.4) is 0 Å². The summed E-state index contributed by atoms with van der Waals surface area (Å²) in [5.74, 6) is 0. The van der Waals surface area contributed by atoms with E-state index in [1.807, 2.05) is 13.0 Å². The van der Waals surface area contributed by atoms with Gasteiger partial charge in [0.1, 0.15) is 0 Å². The van der Waals surface area contributed by atoms with Crippen LogP contribution >= 0.6 is 0 Å². The van der Waals surface area contributed by atoms with Crippen molar-refractivity contribution >= 4 is 11.4 Å². The highest BCUT2D eigenvalue weighted by molar-refractivity contribution is 5.62. The van der Waals surface area contributed by atoms with E-state index in [0.717, 1.165) is 23.6 Å². The smallest absolute Gasteiger partial charge is 0.0534 e. The van der Waals surface area contributed by atoms with E-state index in [1.165, 1.54) is 5.56 Å². The van der Waals surface area contributed by atoms with E-state index in [0.29, 0.717) is 0 Å². The maximum Gasteiger partial charge on any atom is 0.0534 e. The molecule has 3 heteroatoms. The maximum absolute atomic E-state index is 3.80. The number of fused-ring (bicyclic) bond motifs is 1. The third kappa shape index (κ3) is 1.65. The number of hydrazine groups is 1. The Balaban J connectivity index is 2.25. The van der Waals surface area contributed by atoms with E-state index in [9.17, 15) is 0 Å². The van der Waals surface area contributed by atoms with E-state index >= 15 is 0 Å². The average Bonchev–Trinajstić information content (AvgIpc) is 2.49. The van der Waals surface area contributed by atoms with Crippen molar-refractivity contribution in [1.82, 2.24) is 5.43 Å². The van der Waals surface area contributed by atoms with Gasteiger partial charge in [-0.15, -0.1) is 0 Å². The molecule has 68 valence electrons. The van der Waals surface area contributed by atoms with Crippen molar-refractivity contribution in [3.05, 3.63) is 36.0 Å². The summed E-state index contributed by atoms with van der Waals surface area (Å²) >= 11 is 0. The zero-order valence-electron chi connectivity index (χ0n) is 7.65. The monoisotopic (exact) mass is 175 g/mol. The van der Waals surface area contributed by atoms with Gasteiger partial charge in [-0.3, -0.25) is 0 Å². The van der Waals surface area contributed by atoms with Crippen LogP contribution in [-0.2, 0) is 6.54 Å². The minimum Gasteiger partial charge on any atom is -0.360 e. The SMILES string of the molecule is C=C(C)Nc1ccc2c(c1)CNN2. The van der Waals surface area contributed by atoms with Gasteiger partial charge in [0.15, 0.2) is 0 Å². The van der Waals surface area contributed by atoms with Gasteiger partial charge in [-0.1, -0.05) is 6.58 Å². The summed E-state index contributed by atoms with van der Waals surface area (Å²) in [6.45, 7) is 6.63. The van der Waals surface area contributed by atoms with Crippen LogP contribution in [0.15, 0.2) is 30.5 Å². The highest BCUT2D eigenvalue weighted by Crippen LogP contribution is 2.23. The third-order valence-corrected chi connectivity index (χ3v) is 1.96. The Morgan fingerprint density at radius 3 is 3.15 bits per heavy atom. The largest absolute Gasteiger partial charge is 0.360 e. The molecule has 0 aromatic heterocycles. The predicted molar refractivity (Wildman–Crippen MR) is 55.3 cm³/mol. The Kier molecular flexibility index (Phi) is 1.94. The standard InChI is InChI=1S/C10H13N3/c1-7(2)12-9-3-4-10-8(5-9)6-11-13-10/h3-5,11-13H,1,6H2,2H3. The van der Waals surface area contributed by atoms with Gasteiger partial charge in [-0.25, -0.2) is 5.43 Å². The van der Waals surface area contributed by atoms with Crippen LogP contribution in [0, 0.1) is 0 Å². The summed E-state index contributed by atoms with van der Waals surface area (Å²) < 4.78 is 0. The molecule has 1 aliphatic rings. The van der Waals surface area contributed by atoms with Gasteiger partial charge in [0.2, 0.25) is 0 Å². The molecule has 0 atom stereocenters. The first-order valence-electron chi connectivity index (χ1n) is 4.30. The first-order valence-corrected chi connectivity index (χ1v) is 4.30. The van der Waals surface area contributed by atoms with Crippen LogP contribution in [0.4, 0.5) is 11.4 Å². The Labute approximate surface area is 77.8 Å². The van der Waals surface area contributed by atoms with Crippen molar-refractivity contribution in [2.24, 2.45) is 0 Å². The second-order valence-electron chi connectivity index (χ2n) is 3.26. The molecule has 2 rings (SSSR count). The first kappa shape index (κ1) is 8.13. The van der Waals surface area contributed by atoms with Crippen molar-refractivity contribution in [2.75, 3.05) is 10.7 Å². The normalized spacial score (nSPS) is 13.3. The lowest BCUT2D eigenvalue weighted by molar-refractivity contribution is 0.860. The second-order valence-corrected chi connectivity index (χ2v) is 3.26. The molecule has 13 heavy (non-hydrogen) atoms. The van der Waals surface area contributed by atoms with Crippen molar-refractivity contribution in [2.45, 2.75) is 13.5 Å². The fourth-order valence-corrected chi connectivity index (χ4v) is 1.42. The molecule has 0 unspecified atom stereocenters. The van der Waals surface area contributed by atoms with Crippen LogP contribution in [-0.4, -0.2) is 0 Å². The Morgan fingerprint density at radius 1 is 1.54 bits per heavy atom. The number of nitrogens with one attached hydrogen (secondary N) is 3. The molecular weight excluding hydrogens is 162 g/mol. The molecule has 0 fully saturated rings. The van der Waals surface area contributed by atoms with Gasteiger partial charge >= 0.3 is 0 Å². The fourth-order valence-electron chi connectivity index (χ4n) is 1.42. The second kappa shape index (κ2) is 3.11. The summed E-state index contributed by atoms with van der Waals surface area (Å²) in [7, 11) is 0. The number of benzene rings is 1. The lowest BCUT2D eigenvalue weighted by Gasteiger charge is -2.06. The van der Waals surface area contributed by atoms with Crippen molar-refractivity contribution in [3.8, 4) is 0 Å². The van der Waals surface area contributed by atoms with E-state index in [2.05, 4.69) is 34.9 Å². The number of rotatable bonds is 2. The molecule has 0 bridgehead atoms. The van der Waals surface area contributed by atoms with Gasteiger partial charge in [-0.05, 0) is 30.7 Å². The van der Waals surface area contributed by atoms with Crippen LogP contribution in [0.2, 0.25) is 0 Å². The minimum absolute atomic E-state index is 0.876. The van der Waals surface area contributed by atoms with Crippen molar-refractivity contribution in [3.63, 3.8) is 0 Å². The van der Waals surface area contributed by atoms with Gasteiger partial charge < -0.3 is 10.7 Å². The minimum atomic E-state index is 0.876. The Bertz CT molecular complexity index is 344. The summed E-state index contributed by atoms with van der Waals surface area (Å²) in [6, 6.07) is 6.21. The molecule has 0 aliphatic carbocycles. The van der Waals surface area contributed by atoms with Gasteiger partial charge in [0.05, 0.1) is 5.69 Å². The zero-order chi connectivity index (χ0) is 9.26. The van der Waals surface area contributed by atoms with Crippen LogP contribution in [0.5, 0.6) is 0 Å². The van der Waals surface area contributed by atoms with Crippen LogP contribution in [0.1, 0.15) is 12.5 Å². The third-order valence-electron chi connectivity index (χ3n) is 1.96. The fraction of sp³-hybridized carbons (Fsp3) is 0.200. The molecule has 0 radical (unpaired) electrons. The number of anilines is 2. The molecule has 3 nitrogen and oxygen atoms in total. The summed E-state index contributed by atoms with van der Waals surface area (Å²) in [4.78, 5) is 0. The Morgan fingerprint density at radius 2 is 2.38 bits per heavy atom. The highest BCUT2D eigenvalue weighted by Gasteiger charge is 2.08. The van der Waals surface area contributed by atoms with Crippen LogP contribution < -0.4 is 16.2 Å². The molecule has 3 N–H and O–H groups in total. The van der Waals surface area contributed by atoms with E-state index in [4.69, 9.17) is 0 Å². The van der Waals surface area contributed by atoms with Gasteiger partial charge in [0, 0.05) is 17.9 Å². The van der Waals surface area contributed by atoms with E-state index in [-0.39, 0.29) is 0 Å². The van der Waals surface area contributed by atoms with E-state index < -0.39 is 0 Å². The molecule has 0 amide bonds. The molecule has 0 spiro atoms. The molecule has 1 aromatic rings. The molecule has 1 aromatic carbocycles. The average molecular weight is 175 g/mol. The number of hydrogen-bond donors (Lipinski definition) is 3.